The van der Waals surface area contributed by atoms with E-state index in [2.05, 4.69) is 68.2 Å². The Morgan fingerprint density at radius 2 is 2.10 bits per heavy atom. The maximum absolute atomic E-state index is 4.68. The third-order valence-corrected chi connectivity index (χ3v) is 4.73. The van der Waals surface area contributed by atoms with Gasteiger partial charge in [0.05, 0.1) is 36.8 Å². The highest BCUT2D eigenvalue weighted by Gasteiger charge is 2.06. The first-order chi connectivity index (χ1) is 14.0. The number of rotatable bonds is 9. The van der Waals surface area contributed by atoms with Gasteiger partial charge in [0.15, 0.2) is 0 Å². The lowest BCUT2D eigenvalue weighted by molar-refractivity contribution is 0.400. The van der Waals surface area contributed by atoms with Gasteiger partial charge in [-0.1, -0.05) is 12.1 Å². The largest absolute Gasteiger partial charge is 0.344 e. The van der Waals surface area contributed by atoms with Gasteiger partial charge in [-0.15, -0.1) is 0 Å². The molecule has 0 bridgehead atoms. The summed E-state index contributed by atoms with van der Waals surface area (Å²) >= 11 is 0. The van der Waals surface area contributed by atoms with Crippen molar-refractivity contribution in [2.75, 3.05) is 32.5 Å². The lowest BCUT2D eigenvalue weighted by atomic mass is 10.1. The number of anilines is 1. The average molecular weight is 394 g/mol. The van der Waals surface area contributed by atoms with Gasteiger partial charge in [0.1, 0.15) is 0 Å². The molecule has 0 aliphatic carbocycles. The Morgan fingerprint density at radius 1 is 1.24 bits per heavy atom. The molecule has 154 valence electrons. The van der Waals surface area contributed by atoms with E-state index < -0.39 is 0 Å². The summed E-state index contributed by atoms with van der Waals surface area (Å²) in [6.07, 6.45) is 9.81. The molecule has 0 saturated heterocycles. The van der Waals surface area contributed by atoms with Gasteiger partial charge >= 0.3 is 0 Å². The minimum Gasteiger partial charge on any atom is -0.344 e. The molecule has 1 N–H and O–H groups in total. The van der Waals surface area contributed by atoms with Crippen molar-refractivity contribution in [3.8, 4) is 11.3 Å². The van der Waals surface area contributed by atoms with Gasteiger partial charge in [-0.2, -0.15) is 5.10 Å². The van der Waals surface area contributed by atoms with E-state index in [9.17, 15) is 0 Å². The summed E-state index contributed by atoms with van der Waals surface area (Å²) < 4.78 is 3.91. The fourth-order valence-electron chi connectivity index (χ4n) is 3.27. The van der Waals surface area contributed by atoms with Crippen molar-refractivity contribution in [3.63, 3.8) is 0 Å². The van der Waals surface area contributed by atoms with Crippen LogP contribution in [0.3, 0.4) is 0 Å². The predicted octanol–water partition coefficient (Wildman–Crippen LogP) is 3.31. The van der Waals surface area contributed by atoms with Crippen LogP contribution in [0.15, 0.2) is 54.2 Å². The number of aromatic nitrogens is 4. The first kappa shape index (κ1) is 20.8. The summed E-state index contributed by atoms with van der Waals surface area (Å²) in [5, 5.41) is 7.65. The van der Waals surface area contributed by atoms with Crippen molar-refractivity contribution < 1.29 is 0 Å². The molecule has 0 fully saturated rings. The normalized spacial score (nSPS) is 12.0. The Hall–Kier alpha value is -2.93. The standard InChI is InChI=1S/C22H31N7/c1-18(26-21-9-5-7-19(13-21)8-6-11-27(2)3)24-10-12-29-17-23-15-22(29)20-14-25-28(4)16-20/h5,7,9,13-17H,6,8,10-12H2,1-4H3,(H,24,26). The van der Waals surface area contributed by atoms with Crippen LogP contribution in [-0.2, 0) is 20.0 Å². The number of hydrogen-bond donors (Lipinski definition) is 1. The summed E-state index contributed by atoms with van der Waals surface area (Å²) in [4.78, 5) is 11.2. The van der Waals surface area contributed by atoms with E-state index in [4.69, 9.17) is 0 Å². The van der Waals surface area contributed by atoms with E-state index in [0.29, 0.717) is 6.54 Å². The molecule has 2 heterocycles. The van der Waals surface area contributed by atoms with Gasteiger partial charge in [-0.3, -0.25) is 9.67 Å². The Kier molecular flexibility index (Phi) is 7.19. The molecule has 0 amide bonds. The van der Waals surface area contributed by atoms with E-state index in [1.807, 2.05) is 38.9 Å². The highest BCUT2D eigenvalue weighted by atomic mass is 15.2. The first-order valence-corrected chi connectivity index (χ1v) is 10.0. The minimum atomic E-state index is 0.685. The summed E-state index contributed by atoms with van der Waals surface area (Å²) in [6, 6.07) is 8.59. The van der Waals surface area contributed by atoms with Crippen LogP contribution in [0.5, 0.6) is 0 Å². The molecule has 0 radical (unpaired) electrons. The van der Waals surface area contributed by atoms with Crippen LogP contribution in [-0.4, -0.2) is 57.3 Å². The smallest absolute Gasteiger partial charge is 0.0976 e. The fraction of sp³-hybridized carbons (Fsp3) is 0.409. The van der Waals surface area contributed by atoms with Gasteiger partial charge in [0, 0.05) is 31.0 Å². The lowest BCUT2D eigenvalue weighted by Gasteiger charge is -2.11. The molecule has 0 aliphatic heterocycles. The van der Waals surface area contributed by atoms with E-state index in [1.165, 1.54) is 5.56 Å². The second-order valence-corrected chi connectivity index (χ2v) is 7.57. The molecule has 0 atom stereocenters. The molecule has 7 heteroatoms. The summed E-state index contributed by atoms with van der Waals surface area (Å²) in [7, 11) is 6.14. The van der Waals surface area contributed by atoms with Gasteiger partial charge in [0.2, 0.25) is 0 Å². The number of hydrogen-bond acceptors (Lipinski definition) is 4. The van der Waals surface area contributed by atoms with Crippen LogP contribution in [0.2, 0.25) is 0 Å². The molecule has 0 unspecified atom stereocenters. The lowest BCUT2D eigenvalue weighted by Crippen LogP contribution is -2.13. The Labute approximate surface area is 173 Å². The van der Waals surface area contributed by atoms with Gasteiger partial charge < -0.3 is 14.8 Å². The van der Waals surface area contributed by atoms with Gasteiger partial charge in [-0.05, 0) is 58.1 Å². The van der Waals surface area contributed by atoms with Crippen molar-refractivity contribution in [3.05, 3.63) is 54.7 Å². The average Bonchev–Trinajstić information content (AvgIpc) is 3.30. The second-order valence-electron chi connectivity index (χ2n) is 7.57. The van der Waals surface area contributed by atoms with Crippen molar-refractivity contribution in [1.82, 2.24) is 24.2 Å². The Balaban J connectivity index is 1.53. The molecule has 0 spiro atoms. The topological polar surface area (TPSA) is 63.3 Å². The maximum atomic E-state index is 4.68. The van der Waals surface area contributed by atoms with Crippen molar-refractivity contribution in [2.45, 2.75) is 26.3 Å². The molecule has 0 aliphatic rings. The third kappa shape index (κ3) is 6.29. The number of benzene rings is 1. The quantitative estimate of drug-likeness (QED) is 0.447. The SMILES string of the molecule is CC(=NCCn1cncc1-c1cnn(C)c1)Nc1cccc(CCCN(C)C)c1. The van der Waals surface area contributed by atoms with E-state index in [0.717, 1.165) is 48.7 Å². The number of amidine groups is 1. The van der Waals surface area contributed by atoms with Crippen molar-refractivity contribution in [2.24, 2.45) is 12.0 Å². The predicted molar refractivity (Wildman–Crippen MR) is 119 cm³/mol. The van der Waals surface area contributed by atoms with E-state index in [-0.39, 0.29) is 0 Å². The zero-order valence-electron chi connectivity index (χ0n) is 17.8. The molecule has 3 aromatic rings. The number of aryl methyl sites for hydroxylation is 2. The zero-order chi connectivity index (χ0) is 20.6. The van der Waals surface area contributed by atoms with Crippen molar-refractivity contribution >= 4 is 11.5 Å². The molecular formula is C22H31N7. The van der Waals surface area contributed by atoms with Crippen molar-refractivity contribution in [1.29, 1.82) is 0 Å². The fourth-order valence-corrected chi connectivity index (χ4v) is 3.27. The number of nitrogens with one attached hydrogen (secondary N) is 1. The molecule has 29 heavy (non-hydrogen) atoms. The minimum absolute atomic E-state index is 0.685. The van der Waals surface area contributed by atoms with Crippen LogP contribution in [0.25, 0.3) is 11.3 Å². The monoisotopic (exact) mass is 393 g/mol. The molecule has 1 aromatic carbocycles. The number of nitrogens with zero attached hydrogens (tertiary/aromatic N) is 6. The van der Waals surface area contributed by atoms with E-state index in [1.54, 1.807) is 4.68 Å². The first-order valence-electron chi connectivity index (χ1n) is 10.0. The molecule has 3 rings (SSSR count). The van der Waals surface area contributed by atoms with Crippen LogP contribution < -0.4 is 5.32 Å². The van der Waals surface area contributed by atoms with Crippen LogP contribution in [0.4, 0.5) is 5.69 Å². The van der Waals surface area contributed by atoms with Crippen LogP contribution >= 0.6 is 0 Å². The molecule has 2 aromatic heterocycles. The Morgan fingerprint density at radius 3 is 2.86 bits per heavy atom. The summed E-state index contributed by atoms with van der Waals surface area (Å²) in [5.74, 6) is 0.915. The molecule has 7 nitrogen and oxygen atoms in total. The third-order valence-electron chi connectivity index (χ3n) is 4.73. The molecule has 0 saturated carbocycles. The summed E-state index contributed by atoms with van der Waals surface area (Å²) in [5.41, 5.74) is 4.57. The van der Waals surface area contributed by atoms with Crippen LogP contribution in [0.1, 0.15) is 18.9 Å². The van der Waals surface area contributed by atoms with Gasteiger partial charge in [0.25, 0.3) is 0 Å². The van der Waals surface area contributed by atoms with E-state index >= 15 is 0 Å². The number of aliphatic imine (C=N–C) groups is 1. The number of imidazole rings is 1. The Bertz CT molecular complexity index is 936. The maximum Gasteiger partial charge on any atom is 0.0976 e. The highest BCUT2D eigenvalue weighted by molar-refractivity contribution is 5.93. The molecular weight excluding hydrogens is 362 g/mol. The summed E-state index contributed by atoms with van der Waals surface area (Å²) in [6.45, 7) is 4.57. The zero-order valence-corrected chi connectivity index (χ0v) is 17.8. The van der Waals surface area contributed by atoms with Crippen LogP contribution in [0, 0.1) is 0 Å². The second kappa shape index (κ2) is 10.0. The highest BCUT2D eigenvalue weighted by Crippen LogP contribution is 2.17. The van der Waals surface area contributed by atoms with Gasteiger partial charge in [-0.25, -0.2) is 4.98 Å².